The van der Waals surface area contributed by atoms with Crippen molar-refractivity contribution in [1.29, 1.82) is 0 Å². The first-order valence-corrected chi connectivity index (χ1v) is 5.25. The predicted molar refractivity (Wildman–Crippen MR) is 63.1 cm³/mol. The molecule has 2 N–H and O–H groups in total. The number of carboxylic acid groups (broad SMARTS) is 1. The lowest BCUT2D eigenvalue weighted by Crippen LogP contribution is -2.31. The molecule has 0 atom stereocenters. The molecule has 0 fully saturated rings. The van der Waals surface area contributed by atoms with E-state index in [1.165, 1.54) is 23.4 Å². The van der Waals surface area contributed by atoms with Crippen LogP contribution in [0.5, 0.6) is 0 Å². The van der Waals surface area contributed by atoms with Crippen LogP contribution in [0.15, 0.2) is 18.5 Å². The Morgan fingerprint density at radius 2 is 2.18 bits per heavy atom. The second-order valence-corrected chi connectivity index (χ2v) is 3.62. The van der Waals surface area contributed by atoms with Gasteiger partial charge in [-0.05, 0) is 12.5 Å². The van der Waals surface area contributed by atoms with Gasteiger partial charge in [0.25, 0.3) is 0 Å². The van der Waals surface area contributed by atoms with E-state index in [-0.39, 0.29) is 11.6 Å². The quantitative estimate of drug-likeness (QED) is 0.834. The molecule has 0 unspecified atom stereocenters. The summed E-state index contributed by atoms with van der Waals surface area (Å²) in [6, 6.07) is 1.09. The van der Waals surface area contributed by atoms with E-state index in [0.717, 1.165) is 6.42 Å². The van der Waals surface area contributed by atoms with Crippen molar-refractivity contribution in [2.75, 3.05) is 18.9 Å². The van der Waals surface area contributed by atoms with E-state index in [4.69, 9.17) is 5.11 Å². The van der Waals surface area contributed by atoms with Gasteiger partial charge in [-0.2, -0.15) is 0 Å². The summed E-state index contributed by atoms with van der Waals surface area (Å²) >= 11 is 0. The maximum absolute atomic E-state index is 11.6. The summed E-state index contributed by atoms with van der Waals surface area (Å²) in [6.45, 7) is 2.61. The molecule has 1 aromatic rings. The van der Waals surface area contributed by atoms with E-state index in [1.807, 2.05) is 6.92 Å². The van der Waals surface area contributed by atoms with E-state index in [2.05, 4.69) is 10.3 Å². The largest absolute Gasteiger partial charge is 0.478 e. The minimum Gasteiger partial charge on any atom is -0.478 e. The Balaban J connectivity index is 2.71. The zero-order valence-corrected chi connectivity index (χ0v) is 9.80. The van der Waals surface area contributed by atoms with Crippen molar-refractivity contribution >= 4 is 17.7 Å². The van der Waals surface area contributed by atoms with Gasteiger partial charge in [-0.25, -0.2) is 9.59 Å². The average molecular weight is 237 g/mol. The van der Waals surface area contributed by atoms with Crippen LogP contribution < -0.4 is 5.32 Å². The number of urea groups is 1. The van der Waals surface area contributed by atoms with Crippen LogP contribution in [0.3, 0.4) is 0 Å². The highest BCUT2D eigenvalue weighted by atomic mass is 16.4. The molecular formula is C11H15N3O3. The zero-order valence-electron chi connectivity index (χ0n) is 9.80. The summed E-state index contributed by atoms with van der Waals surface area (Å²) < 4.78 is 0. The van der Waals surface area contributed by atoms with Gasteiger partial charge in [-0.15, -0.1) is 0 Å². The monoisotopic (exact) mass is 237 g/mol. The van der Waals surface area contributed by atoms with Crippen molar-refractivity contribution in [1.82, 2.24) is 9.88 Å². The van der Waals surface area contributed by atoms with Gasteiger partial charge in [-0.1, -0.05) is 6.92 Å². The third kappa shape index (κ3) is 3.75. The minimum atomic E-state index is -1.07. The van der Waals surface area contributed by atoms with Crippen molar-refractivity contribution < 1.29 is 14.7 Å². The lowest BCUT2D eigenvalue weighted by Gasteiger charge is -2.16. The molecule has 17 heavy (non-hydrogen) atoms. The maximum atomic E-state index is 11.6. The van der Waals surface area contributed by atoms with Crippen molar-refractivity contribution in [2.45, 2.75) is 13.3 Å². The summed E-state index contributed by atoms with van der Waals surface area (Å²) in [5.74, 6) is -1.07. The molecule has 1 heterocycles. The van der Waals surface area contributed by atoms with Gasteiger partial charge < -0.3 is 15.3 Å². The van der Waals surface area contributed by atoms with Crippen molar-refractivity contribution in [2.24, 2.45) is 0 Å². The average Bonchev–Trinajstić information content (AvgIpc) is 2.29. The number of anilines is 1. The van der Waals surface area contributed by atoms with Gasteiger partial charge in [0.15, 0.2) is 0 Å². The number of hydrogen-bond donors (Lipinski definition) is 2. The van der Waals surface area contributed by atoms with Crippen molar-refractivity contribution in [3.63, 3.8) is 0 Å². The molecule has 0 aromatic carbocycles. The van der Waals surface area contributed by atoms with E-state index in [0.29, 0.717) is 12.2 Å². The van der Waals surface area contributed by atoms with E-state index in [1.54, 1.807) is 7.05 Å². The molecule has 92 valence electrons. The highest BCUT2D eigenvalue weighted by Gasteiger charge is 2.09. The molecule has 0 spiro atoms. The van der Waals surface area contributed by atoms with E-state index < -0.39 is 5.97 Å². The molecule has 0 aliphatic carbocycles. The molecule has 0 aliphatic rings. The third-order valence-corrected chi connectivity index (χ3v) is 2.14. The van der Waals surface area contributed by atoms with Crippen LogP contribution in [-0.4, -0.2) is 40.6 Å². The number of hydrogen-bond acceptors (Lipinski definition) is 3. The SMILES string of the molecule is CCCN(C)C(=O)Nc1cncc(C(=O)O)c1. The Bertz CT molecular complexity index is 420. The van der Waals surface area contributed by atoms with Crippen LogP contribution in [0.1, 0.15) is 23.7 Å². The summed E-state index contributed by atoms with van der Waals surface area (Å²) in [5.41, 5.74) is 0.416. The van der Waals surface area contributed by atoms with Gasteiger partial charge >= 0.3 is 12.0 Å². The van der Waals surface area contributed by atoms with Gasteiger partial charge in [0.05, 0.1) is 17.4 Å². The molecular weight excluding hydrogens is 222 g/mol. The summed E-state index contributed by atoms with van der Waals surface area (Å²) in [7, 11) is 1.67. The number of rotatable bonds is 4. The first kappa shape index (κ1) is 13.0. The van der Waals surface area contributed by atoms with Crippen LogP contribution >= 0.6 is 0 Å². The lowest BCUT2D eigenvalue weighted by molar-refractivity contribution is 0.0696. The second kappa shape index (κ2) is 5.83. The molecule has 6 nitrogen and oxygen atoms in total. The molecule has 1 rings (SSSR count). The summed E-state index contributed by atoms with van der Waals surface area (Å²) in [4.78, 5) is 27.6. The van der Waals surface area contributed by atoms with Gasteiger partial charge in [0.2, 0.25) is 0 Å². The van der Waals surface area contributed by atoms with Crippen LogP contribution in [0.25, 0.3) is 0 Å². The van der Waals surface area contributed by atoms with Crippen LogP contribution in [0, 0.1) is 0 Å². The fourth-order valence-electron chi connectivity index (χ4n) is 1.28. The summed E-state index contributed by atoms with van der Waals surface area (Å²) in [6.07, 6.45) is 3.50. The fraction of sp³-hybridized carbons (Fsp3) is 0.364. The Hall–Kier alpha value is -2.11. The zero-order chi connectivity index (χ0) is 12.8. The normalized spacial score (nSPS) is 9.76. The Kier molecular flexibility index (Phi) is 4.45. The third-order valence-electron chi connectivity index (χ3n) is 2.14. The summed E-state index contributed by atoms with van der Waals surface area (Å²) in [5, 5.41) is 11.4. The van der Waals surface area contributed by atoms with Crippen molar-refractivity contribution in [3.8, 4) is 0 Å². The number of aromatic carboxylic acids is 1. The second-order valence-electron chi connectivity index (χ2n) is 3.62. The first-order chi connectivity index (χ1) is 8.04. The maximum Gasteiger partial charge on any atom is 0.337 e. The highest BCUT2D eigenvalue weighted by Crippen LogP contribution is 2.09. The van der Waals surface area contributed by atoms with Gasteiger partial charge in [0, 0.05) is 19.8 Å². The molecule has 0 saturated heterocycles. The van der Waals surface area contributed by atoms with Crippen LogP contribution in [0.2, 0.25) is 0 Å². The number of pyridine rings is 1. The smallest absolute Gasteiger partial charge is 0.337 e. The van der Waals surface area contributed by atoms with Gasteiger partial charge in [0.1, 0.15) is 0 Å². The Morgan fingerprint density at radius 1 is 1.47 bits per heavy atom. The standard InChI is InChI=1S/C11H15N3O3/c1-3-4-14(2)11(17)13-9-5-8(10(15)16)6-12-7-9/h5-7H,3-4H2,1-2H3,(H,13,17)(H,15,16). The van der Waals surface area contributed by atoms with Gasteiger partial charge in [-0.3, -0.25) is 4.98 Å². The number of nitrogens with one attached hydrogen (secondary N) is 1. The van der Waals surface area contributed by atoms with Crippen LogP contribution in [0.4, 0.5) is 10.5 Å². The lowest BCUT2D eigenvalue weighted by atomic mass is 10.2. The van der Waals surface area contributed by atoms with Crippen LogP contribution in [-0.2, 0) is 0 Å². The number of aromatic nitrogens is 1. The molecule has 2 amide bonds. The number of nitrogens with zero attached hydrogens (tertiary/aromatic N) is 2. The first-order valence-electron chi connectivity index (χ1n) is 5.25. The highest BCUT2D eigenvalue weighted by molar-refractivity contribution is 5.92. The number of carbonyl (C=O) groups excluding carboxylic acids is 1. The molecule has 0 saturated carbocycles. The number of amides is 2. The Morgan fingerprint density at radius 3 is 2.76 bits per heavy atom. The van der Waals surface area contributed by atoms with E-state index in [9.17, 15) is 9.59 Å². The molecule has 1 aromatic heterocycles. The minimum absolute atomic E-state index is 0.0425. The topological polar surface area (TPSA) is 82.5 Å². The molecule has 0 aliphatic heterocycles. The fourth-order valence-corrected chi connectivity index (χ4v) is 1.28. The Labute approximate surface area is 99.3 Å². The molecule has 0 bridgehead atoms. The number of carbonyl (C=O) groups is 2. The molecule has 0 radical (unpaired) electrons. The van der Waals surface area contributed by atoms with Crippen molar-refractivity contribution in [3.05, 3.63) is 24.0 Å². The molecule has 6 heteroatoms. The number of carboxylic acids is 1. The van der Waals surface area contributed by atoms with E-state index >= 15 is 0 Å². The predicted octanol–water partition coefficient (Wildman–Crippen LogP) is 1.65.